The van der Waals surface area contributed by atoms with Crippen molar-refractivity contribution in [1.29, 1.82) is 0 Å². The van der Waals surface area contributed by atoms with Crippen LogP contribution in [0.4, 0.5) is 0 Å². The molecule has 1 heterocycles. The number of hydrogen-bond acceptors (Lipinski definition) is 3. The molecule has 1 amide bonds. The van der Waals surface area contributed by atoms with Crippen molar-refractivity contribution in [2.45, 2.75) is 44.6 Å². The third-order valence-corrected chi connectivity index (χ3v) is 5.05. The number of fused-ring (bicyclic) bond motifs is 1. The van der Waals surface area contributed by atoms with Gasteiger partial charge in [0.05, 0.1) is 5.92 Å². The van der Waals surface area contributed by atoms with Gasteiger partial charge in [0.2, 0.25) is 5.91 Å². The number of amides is 1. The Morgan fingerprint density at radius 3 is 2.74 bits per heavy atom. The zero-order valence-corrected chi connectivity index (χ0v) is 14.3. The number of carbonyl (C=O) groups excluding carboxylic acids is 1. The maximum atomic E-state index is 12.6. The van der Waals surface area contributed by atoms with Gasteiger partial charge in [-0.05, 0) is 36.8 Å². The maximum Gasteiger partial charge on any atom is 0.227 e. The number of benzene rings is 1. The van der Waals surface area contributed by atoms with E-state index in [0.29, 0.717) is 19.1 Å². The van der Waals surface area contributed by atoms with Gasteiger partial charge >= 0.3 is 0 Å². The van der Waals surface area contributed by atoms with Gasteiger partial charge in [0, 0.05) is 12.6 Å². The highest BCUT2D eigenvalue weighted by Gasteiger charge is 2.30. The van der Waals surface area contributed by atoms with E-state index in [2.05, 4.69) is 5.32 Å². The summed E-state index contributed by atoms with van der Waals surface area (Å²) in [6.07, 6.45) is 6.96. The average molecular weight is 339 g/mol. The summed E-state index contributed by atoms with van der Waals surface area (Å²) in [4.78, 5) is 12.6. The van der Waals surface area contributed by atoms with Crippen LogP contribution in [0, 0.1) is 11.8 Å². The van der Waals surface area contributed by atoms with Gasteiger partial charge in [-0.15, -0.1) is 12.4 Å². The predicted molar refractivity (Wildman–Crippen MR) is 93.9 cm³/mol. The van der Waals surface area contributed by atoms with Crippen molar-refractivity contribution in [3.05, 3.63) is 29.8 Å². The molecule has 1 aliphatic carbocycles. The molecule has 128 valence electrons. The molecule has 0 saturated heterocycles. The number of carbonyl (C=O) groups is 1. The first-order chi connectivity index (χ1) is 10.8. The highest BCUT2D eigenvalue weighted by molar-refractivity contribution is 5.85. The van der Waals surface area contributed by atoms with Crippen molar-refractivity contribution < 1.29 is 9.53 Å². The number of hydrogen-bond donors (Lipinski definition) is 2. The fourth-order valence-electron chi connectivity index (χ4n) is 3.70. The fraction of sp³-hybridized carbons (Fsp3) is 0.611. The summed E-state index contributed by atoms with van der Waals surface area (Å²) in [5.74, 6) is 1.44. The number of para-hydroxylation sites is 1. The Balaban J connectivity index is 0.00000192. The normalized spacial score (nSPS) is 22.2. The first kappa shape index (κ1) is 18.1. The largest absolute Gasteiger partial charge is 0.492 e. The molecule has 0 aromatic heterocycles. The van der Waals surface area contributed by atoms with Gasteiger partial charge in [-0.1, -0.05) is 37.5 Å². The molecule has 2 unspecified atom stereocenters. The first-order valence-electron chi connectivity index (χ1n) is 8.49. The van der Waals surface area contributed by atoms with Crippen molar-refractivity contribution >= 4 is 18.3 Å². The Kier molecular flexibility index (Phi) is 6.72. The Morgan fingerprint density at radius 1 is 1.26 bits per heavy atom. The SMILES string of the molecule is Cl.NCC(NC(=O)C1COc2ccccc2C1)C1CCCCC1. The summed E-state index contributed by atoms with van der Waals surface area (Å²) < 4.78 is 5.73. The molecule has 0 spiro atoms. The molecule has 5 heteroatoms. The van der Waals surface area contributed by atoms with Crippen LogP contribution in [-0.2, 0) is 11.2 Å². The highest BCUT2D eigenvalue weighted by atomic mass is 35.5. The second-order valence-corrected chi connectivity index (χ2v) is 6.57. The smallest absolute Gasteiger partial charge is 0.227 e. The quantitative estimate of drug-likeness (QED) is 0.887. The minimum atomic E-state index is -0.104. The second kappa shape index (κ2) is 8.55. The van der Waals surface area contributed by atoms with E-state index in [9.17, 15) is 4.79 Å². The number of nitrogens with two attached hydrogens (primary N) is 1. The number of halogens is 1. The van der Waals surface area contributed by atoms with Gasteiger partial charge in [0.1, 0.15) is 12.4 Å². The van der Waals surface area contributed by atoms with Gasteiger partial charge in [-0.3, -0.25) is 4.79 Å². The lowest BCUT2D eigenvalue weighted by Gasteiger charge is -2.32. The molecule has 1 fully saturated rings. The topological polar surface area (TPSA) is 64.3 Å². The molecule has 1 aromatic carbocycles. The van der Waals surface area contributed by atoms with Crippen LogP contribution in [-0.4, -0.2) is 25.1 Å². The molecular weight excluding hydrogens is 312 g/mol. The van der Waals surface area contributed by atoms with E-state index in [-0.39, 0.29) is 30.3 Å². The van der Waals surface area contributed by atoms with E-state index < -0.39 is 0 Å². The van der Waals surface area contributed by atoms with E-state index in [1.807, 2.05) is 24.3 Å². The third kappa shape index (κ3) is 4.39. The number of nitrogens with one attached hydrogen (secondary N) is 1. The van der Waals surface area contributed by atoms with Crippen molar-refractivity contribution in [3.63, 3.8) is 0 Å². The lowest BCUT2D eigenvalue weighted by atomic mass is 9.83. The van der Waals surface area contributed by atoms with Crippen LogP contribution >= 0.6 is 12.4 Å². The Labute approximate surface area is 144 Å². The molecule has 3 N–H and O–H groups in total. The minimum absolute atomic E-state index is 0. The van der Waals surface area contributed by atoms with E-state index in [0.717, 1.165) is 17.7 Å². The summed E-state index contributed by atoms with van der Waals surface area (Å²) >= 11 is 0. The first-order valence-corrected chi connectivity index (χ1v) is 8.49. The summed E-state index contributed by atoms with van der Waals surface area (Å²) in [7, 11) is 0. The molecule has 0 bridgehead atoms. The van der Waals surface area contributed by atoms with Crippen molar-refractivity contribution in [1.82, 2.24) is 5.32 Å². The van der Waals surface area contributed by atoms with Crippen LogP contribution < -0.4 is 15.8 Å². The summed E-state index contributed by atoms with van der Waals surface area (Å²) in [5.41, 5.74) is 7.03. The molecule has 1 aliphatic heterocycles. The van der Waals surface area contributed by atoms with Crippen LogP contribution in [0.3, 0.4) is 0 Å². The van der Waals surface area contributed by atoms with Crippen LogP contribution in [0.2, 0.25) is 0 Å². The van der Waals surface area contributed by atoms with Gasteiger partial charge in [-0.25, -0.2) is 0 Å². The van der Waals surface area contributed by atoms with Crippen LogP contribution in [0.25, 0.3) is 0 Å². The molecule has 2 aliphatic rings. The predicted octanol–water partition coefficient (Wildman–Crippen LogP) is 2.68. The molecule has 1 aromatic rings. The third-order valence-electron chi connectivity index (χ3n) is 5.05. The minimum Gasteiger partial charge on any atom is -0.492 e. The van der Waals surface area contributed by atoms with E-state index in [1.165, 1.54) is 32.1 Å². The van der Waals surface area contributed by atoms with Crippen LogP contribution in [0.1, 0.15) is 37.7 Å². The van der Waals surface area contributed by atoms with E-state index in [4.69, 9.17) is 10.5 Å². The second-order valence-electron chi connectivity index (χ2n) is 6.57. The highest BCUT2D eigenvalue weighted by Crippen LogP contribution is 2.28. The number of rotatable bonds is 4. The maximum absolute atomic E-state index is 12.6. The van der Waals surface area contributed by atoms with Gasteiger partial charge < -0.3 is 15.8 Å². The molecule has 4 nitrogen and oxygen atoms in total. The van der Waals surface area contributed by atoms with Crippen LogP contribution in [0.5, 0.6) is 5.75 Å². The van der Waals surface area contributed by atoms with Crippen molar-refractivity contribution in [3.8, 4) is 5.75 Å². The van der Waals surface area contributed by atoms with Crippen molar-refractivity contribution in [2.75, 3.05) is 13.2 Å². The lowest BCUT2D eigenvalue weighted by Crippen LogP contribution is -2.49. The van der Waals surface area contributed by atoms with Crippen molar-refractivity contribution in [2.24, 2.45) is 17.6 Å². The molecule has 23 heavy (non-hydrogen) atoms. The van der Waals surface area contributed by atoms with E-state index >= 15 is 0 Å². The zero-order valence-electron chi connectivity index (χ0n) is 13.5. The standard InChI is InChI=1S/C18H26N2O2.ClH/c19-11-16(13-6-2-1-3-7-13)20-18(21)15-10-14-8-4-5-9-17(14)22-12-15;/h4-5,8-9,13,15-16H,1-3,6-7,10-12,19H2,(H,20,21);1H. The Morgan fingerprint density at radius 2 is 2.00 bits per heavy atom. The molecule has 2 atom stereocenters. The van der Waals surface area contributed by atoms with Crippen LogP contribution in [0.15, 0.2) is 24.3 Å². The lowest BCUT2D eigenvalue weighted by molar-refractivity contribution is -0.127. The van der Waals surface area contributed by atoms with Gasteiger partial charge in [-0.2, -0.15) is 0 Å². The molecule has 1 saturated carbocycles. The van der Waals surface area contributed by atoms with Gasteiger partial charge in [0.25, 0.3) is 0 Å². The number of ether oxygens (including phenoxy) is 1. The molecule has 0 radical (unpaired) electrons. The molecule has 3 rings (SSSR count). The molecular formula is C18H27ClN2O2. The Hall–Kier alpha value is -1.26. The summed E-state index contributed by atoms with van der Waals surface area (Å²) in [6, 6.07) is 8.08. The monoisotopic (exact) mass is 338 g/mol. The average Bonchev–Trinajstić information content (AvgIpc) is 2.59. The zero-order chi connectivity index (χ0) is 15.4. The summed E-state index contributed by atoms with van der Waals surface area (Å²) in [5, 5.41) is 3.19. The summed E-state index contributed by atoms with van der Waals surface area (Å²) in [6.45, 7) is 0.991. The van der Waals surface area contributed by atoms with E-state index in [1.54, 1.807) is 0 Å². The van der Waals surface area contributed by atoms with Gasteiger partial charge in [0.15, 0.2) is 0 Å². The fourth-order valence-corrected chi connectivity index (χ4v) is 3.70. The Bertz CT molecular complexity index is 517.